The van der Waals surface area contributed by atoms with Crippen molar-refractivity contribution in [3.63, 3.8) is 0 Å². The van der Waals surface area contributed by atoms with E-state index < -0.39 is 16.1 Å². The lowest BCUT2D eigenvalue weighted by Gasteiger charge is -2.23. The maximum absolute atomic E-state index is 12.8. The van der Waals surface area contributed by atoms with Crippen molar-refractivity contribution in [3.8, 4) is 0 Å². The zero-order valence-electron chi connectivity index (χ0n) is 11.9. The van der Waals surface area contributed by atoms with Gasteiger partial charge < -0.3 is 5.32 Å². The van der Waals surface area contributed by atoms with Crippen LogP contribution in [0.2, 0.25) is 0 Å². The minimum atomic E-state index is -3.39. The molecule has 1 heterocycles. The standard InChI is InChI=1S/C14H19FN2O3S/c1-2-10-21(19,20)17-9-3-4-13(17)14(18)16-12-7-5-11(15)6-8-12/h5-8,13H,2-4,9-10H2,1H3,(H,16,18). The van der Waals surface area contributed by atoms with Crippen LogP contribution < -0.4 is 5.32 Å². The molecule has 1 aliphatic heterocycles. The summed E-state index contributed by atoms with van der Waals surface area (Å²) >= 11 is 0. The molecule has 1 aromatic carbocycles. The first-order valence-electron chi connectivity index (χ1n) is 7.00. The lowest BCUT2D eigenvalue weighted by atomic mass is 10.2. The van der Waals surface area contributed by atoms with Crippen LogP contribution in [0, 0.1) is 5.82 Å². The van der Waals surface area contributed by atoms with Gasteiger partial charge in [-0.15, -0.1) is 0 Å². The minimum Gasteiger partial charge on any atom is -0.325 e. The van der Waals surface area contributed by atoms with E-state index in [0.29, 0.717) is 31.5 Å². The fraction of sp³-hybridized carbons (Fsp3) is 0.500. The van der Waals surface area contributed by atoms with Crippen molar-refractivity contribution in [2.24, 2.45) is 0 Å². The number of carbonyl (C=O) groups is 1. The van der Waals surface area contributed by atoms with E-state index in [2.05, 4.69) is 5.32 Å². The average Bonchev–Trinajstić information content (AvgIpc) is 2.91. The predicted octanol–water partition coefficient (Wildman–Crippen LogP) is 1.97. The highest BCUT2D eigenvalue weighted by Gasteiger charge is 2.37. The summed E-state index contributed by atoms with van der Waals surface area (Å²) in [5, 5.41) is 2.64. The zero-order chi connectivity index (χ0) is 15.5. The van der Waals surface area contributed by atoms with E-state index in [0.717, 1.165) is 0 Å². The summed E-state index contributed by atoms with van der Waals surface area (Å²) in [4.78, 5) is 12.3. The molecule has 1 N–H and O–H groups in total. The summed E-state index contributed by atoms with van der Waals surface area (Å²) in [5.74, 6) is -0.701. The van der Waals surface area contributed by atoms with Gasteiger partial charge in [0.25, 0.3) is 0 Å². The Hall–Kier alpha value is -1.47. The number of rotatable bonds is 5. The van der Waals surface area contributed by atoms with Crippen LogP contribution in [0.1, 0.15) is 26.2 Å². The maximum atomic E-state index is 12.8. The molecule has 21 heavy (non-hydrogen) atoms. The van der Waals surface area contributed by atoms with Crippen LogP contribution in [0.5, 0.6) is 0 Å². The van der Waals surface area contributed by atoms with Gasteiger partial charge in [-0.25, -0.2) is 12.8 Å². The third-order valence-electron chi connectivity index (χ3n) is 3.44. The number of benzene rings is 1. The molecular formula is C14H19FN2O3S. The second-order valence-corrected chi connectivity index (χ2v) is 7.12. The summed E-state index contributed by atoms with van der Waals surface area (Å²) in [5.41, 5.74) is 0.459. The molecule has 1 aliphatic rings. The summed E-state index contributed by atoms with van der Waals surface area (Å²) in [6.45, 7) is 2.17. The third-order valence-corrected chi connectivity index (χ3v) is 5.51. The van der Waals surface area contributed by atoms with Crippen molar-refractivity contribution in [3.05, 3.63) is 30.1 Å². The number of sulfonamides is 1. The molecule has 1 amide bonds. The van der Waals surface area contributed by atoms with E-state index in [4.69, 9.17) is 0 Å². The van der Waals surface area contributed by atoms with Crippen molar-refractivity contribution in [1.82, 2.24) is 4.31 Å². The Morgan fingerprint density at radius 2 is 2.05 bits per heavy atom. The Kier molecular flexibility index (Phi) is 4.95. The van der Waals surface area contributed by atoms with E-state index >= 15 is 0 Å². The van der Waals surface area contributed by atoms with Crippen LogP contribution in [0.3, 0.4) is 0 Å². The molecule has 1 unspecified atom stereocenters. The lowest BCUT2D eigenvalue weighted by Crippen LogP contribution is -2.44. The Morgan fingerprint density at radius 3 is 2.67 bits per heavy atom. The predicted molar refractivity (Wildman–Crippen MR) is 78.8 cm³/mol. The first-order valence-corrected chi connectivity index (χ1v) is 8.61. The van der Waals surface area contributed by atoms with Crippen LogP contribution in [-0.2, 0) is 14.8 Å². The van der Waals surface area contributed by atoms with Gasteiger partial charge in [-0.05, 0) is 43.5 Å². The molecule has 7 heteroatoms. The molecule has 1 fully saturated rings. The number of hydrogen-bond donors (Lipinski definition) is 1. The van der Waals surface area contributed by atoms with Gasteiger partial charge in [-0.3, -0.25) is 4.79 Å². The number of halogens is 1. The van der Waals surface area contributed by atoms with Crippen molar-refractivity contribution < 1.29 is 17.6 Å². The Bertz CT molecular complexity index is 601. The lowest BCUT2D eigenvalue weighted by molar-refractivity contribution is -0.119. The quantitative estimate of drug-likeness (QED) is 0.903. The van der Waals surface area contributed by atoms with Gasteiger partial charge in [0.2, 0.25) is 15.9 Å². The van der Waals surface area contributed by atoms with Crippen molar-refractivity contribution in [2.75, 3.05) is 17.6 Å². The maximum Gasteiger partial charge on any atom is 0.242 e. The van der Waals surface area contributed by atoms with Crippen LogP contribution in [0.4, 0.5) is 10.1 Å². The average molecular weight is 314 g/mol. The molecule has 0 bridgehead atoms. The Morgan fingerprint density at radius 1 is 1.38 bits per heavy atom. The SMILES string of the molecule is CCCS(=O)(=O)N1CCCC1C(=O)Nc1ccc(F)cc1. The van der Waals surface area contributed by atoms with Crippen molar-refractivity contribution in [1.29, 1.82) is 0 Å². The Labute approximate surface area is 124 Å². The van der Waals surface area contributed by atoms with Crippen LogP contribution in [-0.4, -0.2) is 37.0 Å². The molecule has 0 radical (unpaired) electrons. The smallest absolute Gasteiger partial charge is 0.242 e. The second kappa shape index (κ2) is 6.53. The minimum absolute atomic E-state index is 0.0489. The summed E-state index contributed by atoms with van der Waals surface area (Å²) < 4.78 is 38.4. The van der Waals surface area contributed by atoms with E-state index in [1.165, 1.54) is 28.6 Å². The number of nitrogens with one attached hydrogen (secondary N) is 1. The van der Waals surface area contributed by atoms with E-state index in [1.54, 1.807) is 6.92 Å². The molecule has 116 valence electrons. The molecule has 0 spiro atoms. The molecular weight excluding hydrogens is 295 g/mol. The number of hydrogen-bond acceptors (Lipinski definition) is 3. The number of carbonyl (C=O) groups excluding carboxylic acids is 1. The number of amides is 1. The first-order chi connectivity index (χ1) is 9.94. The molecule has 2 rings (SSSR count). The van der Waals surface area contributed by atoms with Gasteiger partial charge >= 0.3 is 0 Å². The largest absolute Gasteiger partial charge is 0.325 e. The second-order valence-electron chi connectivity index (χ2n) is 5.08. The van der Waals surface area contributed by atoms with Gasteiger partial charge in [0.05, 0.1) is 5.75 Å². The van der Waals surface area contributed by atoms with Gasteiger partial charge in [0.15, 0.2) is 0 Å². The van der Waals surface area contributed by atoms with Gasteiger partial charge in [-0.2, -0.15) is 4.31 Å². The molecule has 5 nitrogen and oxygen atoms in total. The van der Waals surface area contributed by atoms with Crippen LogP contribution >= 0.6 is 0 Å². The van der Waals surface area contributed by atoms with Crippen molar-refractivity contribution in [2.45, 2.75) is 32.2 Å². The molecule has 0 aromatic heterocycles. The fourth-order valence-corrected chi connectivity index (χ4v) is 4.22. The normalized spacial score (nSPS) is 19.6. The third kappa shape index (κ3) is 3.79. The molecule has 0 aliphatic carbocycles. The fourth-order valence-electron chi connectivity index (χ4n) is 2.47. The van der Waals surface area contributed by atoms with Crippen LogP contribution in [0.25, 0.3) is 0 Å². The molecule has 1 saturated heterocycles. The topological polar surface area (TPSA) is 66.5 Å². The van der Waals surface area contributed by atoms with Gasteiger partial charge in [0.1, 0.15) is 11.9 Å². The molecule has 1 aromatic rings. The number of nitrogens with zero attached hydrogens (tertiary/aromatic N) is 1. The van der Waals surface area contributed by atoms with E-state index in [-0.39, 0.29) is 17.5 Å². The van der Waals surface area contributed by atoms with Gasteiger partial charge in [0, 0.05) is 12.2 Å². The summed E-state index contributed by atoms with van der Waals surface area (Å²) in [6.07, 6.45) is 1.70. The monoisotopic (exact) mass is 314 g/mol. The molecule has 1 atom stereocenters. The Balaban J connectivity index is 2.09. The summed E-state index contributed by atoms with van der Waals surface area (Å²) in [7, 11) is -3.39. The summed E-state index contributed by atoms with van der Waals surface area (Å²) in [6, 6.07) is 4.72. The highest BCUT2D eigenvalue weighted by atomic mass is 32.2. The van der Waals surface area contributed by atoms with E-state index in [9.17, 15) is 17.6 Å². The van der Waals surface area contributed by atoms with E-state index in [1.807, 2.05) is 0 Å². The highest BCUT2D eigenvalue weighted by Crippen LogP contribution is 2.23. The van der Waals surface area contributed by atoms with Crippen molar-refractivity contribution >= 4 is 21.6 Å². The first kappa shape index (κ1) is 15.9. The highest BCUT2D eigenvalue weighted by molar-refractivity contribution is 7.89. The zero-order valence-corrected chi connectivity index (χ0v) is 12.7. The number of anilines is 1. The van der Waals surface area contributed by atoms with Gasteiger partial charge in [-0.1, -0.05) is 6.92 Å². The van der Waals surface area contributed by atoms with Crippen LogP contribution in [0.15, 0.2) is 24.3 Å². The molecule has 0 saturated carbocycles.